The lowest BCUT2D eigenvalue weighted by Gasteiger charge is -2.30. The zero-order valence-electron chi connectivity index (χ0n) is 12.9. The minimum Gasteiger partial charge on any atom is -0.332 e. The smallest absolute Gasteiger partial charge is 0.235 e. The molecule has 0 saturated carbocycles. The van der Waals surface area contributed by atoms with Crippen molar-refractivity contribution >= 4 is 17.7 Å². The van der Waals surface area contributed by atoms with E-state index < -0.39 is 6.04 Å². The summed E-state index contributed by atoms with van der Waals surface area (Å²) in [6.07, 6.45) is 3.58. The van der Waals surface area contributed by atoms with Crippen molar-refractivity contribution in [3.63, 3.8) is 0 Å². The molecule has 22 heavy (non-hydrogen) atoms. The molecule has 3 nitrogen and oxygen atoms in total. The van der Waals surface area contributed by atoms with Gasteiger partial charge in [0.2, 0.25) is 5.91 Å². The van der Waals surface area contributed by atoms with Crippen molar-refractivity contribution in [1.29, 1.82) is 0 Å². The molecule has 1 amide bonds. The summed E-state index contributed by atoms with van der Waals surface area (Å²) < 4.78 is 13.6. The molecular formula is C17H19FN2OS. The second-order valence-electron chi connectivity index (χ2n) is 5.04. The lowest BCUT2D eigenvalue weighted by Crippen LogP contribution is -2.37. The Hall–Kier alpha value is -1.88. The predicted octanol–water partition coefficient (Wildman–Crippen LogP) is 3.52. The van der Waals surface area contributed by atoms with E-state index >= 15 is 0 Å². The van der Waals surface area contributed by atoms with E-state index in [2.05, 4.69) is 4.98 Å². The summed E-state index contributed by atoms with van der Waals surface area (Å²) in [6.45, 7) is 1.87. The van der Waals surface area contributed by atoms with Gasteiger partial charge in [-0.25, -0.2) is 4.39 Å². The molecule has 0 N–H and O–H groups in total. The van der Waals surface area contributed by atoms with Gasteiger partial charge < -0.3 is 4.90 Å². The van der Waals surface area contributed by atoms with Gasteiger partial charge in [-0.15, -0.1) is 0 Å². The predicted molar refractivity (Wildman–Crippen MR) is 88.2 cm³/mol. The van der Waals surface area contributed by atoms with Gasteiger partial charge in [-0.3, -0.25) is 9.78 Å². The highest BCUT2D eigenvalue weighted by atomic mass is 32.2. The number of aromatic nitrogens is 1. The average molecular weight is 318 g/mol. The molecule has 0 fully saturated rings. The zero-order valence-corrected chi connectivity index (χ0v) is 13.7. The normalized spacial score (nSPS) is 13.5. The Kier molecular flexibility index (Phi) is 5.55. The monoisotopic (exact) mass is 318 g/mol. The van der Waals surface area contributed by atoms with Crippen LogP contribution in [-0.4, -0.2) is 34.3 Å². The third-order valence-electron chi connectivity index (χ3n) is 3.57. The van der Waals surface area contributed by atoms with Gasteiger partial charge in [0.05, 0.1) is 17.0 Å². The summed E-state index contributed by atoms with van der Waals surface area (Å²) in [5.74, 6) is -0.329. The van der Waals surface area contributed by atoms with Crippen molar-refractivity contribution in [2.75, 3.05) is 13.3 Å². The van der Waals surface area contributed by atoms with Gasteiger partial charge >= 0.3 is 0 Å². The minimum absolute atomic E-state index is 0.00702. The van der Waals surface area contributed by atoms with E-state index in [0.717, 1.165) is 5.69 Å². The lowest BCUT2D eigenvalue weighted by molar-refractivity contribution is -0.130. The molecule has 2 atom stereocenters. The van der Waals surface area contributed by atoms with Crippen LogP contribution >= 0.6 is 11.8 Å². The topological polar surface area (TPSA) is 33.2 Å². The number of halogens is 1. The van der Waals surface area contributed by atoms with Crippen LogP contribution in [0.4, 0.5) is 4.39 Å². The summed E-state index contributed by atoms with van der Waals surface area (Å²) in [5.41, 5.74) is 1.43. The summed E-state index contributed by atoms with van der Waals surface area (Å²) in [5, 5.41) is -0.162. The maximum Gasteiger partial charge on any atom is 0.235 e. The summed E-state index contributed by atoms with van der Waals surface area (Å²) in [4.78, 5) is 18.5. The molecular weight excluding hydrogens is 299 g/mol. The van der Waals surface area contributed by atoms with E-state index in [-0.39, 0.29) is 17.0 Å². The number of rotatable bonds is 5. The fraction of sp³-hybridized carbons (Fsp3) is 0.294. The molecule has 1 aromatic carbocycles. The van der Waals surface area contributed by atoms with Crippen LogP contribution in [0.2, 0.25) is 0 Å². The van der Waals surface area contributed by atoms with E-state index in [0.29, 0.717) is 5.56 Å². The standard InChI is InChI=1S/C17H19FN2OS/c1-12(22-3)17(21)20(2)16(15-9-4-5-10-19-15)13-7-6-8-14(18)11-13/h4-12,16H,1-3H3/t12-,16+/m1/s1. The van der Waals surface area contributed by atoms with Crippen LogP contribution in [0.3, 0.4) is 0 Å². The Morgan fingerprint density at radius 1 is 1.27 bits per heavy atom. The molecule has 0 saturated heterocycles. The molecule has 0 aliphatic rings. The van der Waals surface area contributed by atoms with Crippen LogP contribution in [0.25, 0.3) is 0 Å². The Bertz CT molecular complexity index is 636. The van der Waals surface area contributed by atoms with Gasteiger partial charge in [0.15, 0.2) is 0 Å². The summed E-state index contributed by atoms with van der Waals surface area (Å²) >= 11 is 1.49. The molecule has 0 unspecified atom stereocenters. The molecule has 0 radical (unpaired) electrons. The third kappa shape index (κ3) is 3.65. The van der Waals surface area contributed by atoms with Gasteiger partial charge in [-0.2, -0.15) is 11.8 Å². The Balaban J connectivity index is 2.44. The Morgan fingerprint density at radius 3 is 2.64 bits per heavy atom. The Morgan fingerprint density at radius 2 is 2.05 bits per heavy atom. The van der Waals surface area contributed by atoms with Crippen LogP contribution in [-0.2, 0) is 4.79 Å². The van der Waals surface area contributed by atoms with Crippen molar-refractivity contribution in [2.45, 2.75) is 18.2 Å². The van der Waals surface area contributed by atoms with E-state index in [1.54, 1.807) is 24.2 Å². The fourth-order valence-electron chi connectivity index (χ4n) is 2.32. The number of carbonyl (C=O) groups is 1. The van der Waals surface area contributed by atoms with Crippen molar-refractivity contribution in [2.24, 2.45) is 0 Å². The molecule has 2 rings (SSSR count). The number of nitrogens with zero attached hydrogens (tertiary/aromatic N) is 2. The maximum absolute atomic E-state index is 13.6. The van der Waals surface area contributed by atoms with Crippen LogP contribution in [0.15, 0.2) is 48.7 Å². The van der Waals surface area contributed by atoms with Crippen molar-refractivity contribution < 1.29 is 9.18 Å². The molecule has 2 aromatic rings. The number of hydrogen-bond acceptors (Lipinski definition) is 3. The van der Waals surface area contributed by atoms with E-state index in [1.165, 1.54) is 23.9 Å². The van der Waals surface area contributed by atoms with Crippen molar-refractivity contribution in [3.8, 4) is 0 Å². The Labute approximate surface area is 134 Å². The van der Waals surface area contributed by atoms with Gasteiger partial charge in [-0.05, 0) is 43.0 Å². The van der Waals surface area contributed by atoms with Crippen LogP contribution in [0, 0.1) is 5.82 Å². The number of benzene rings is 1. The van der Waals surface area contributed by atoms with Gasteiger partial charge in [0.1, 0.15) is 5.82 Å². The largest absolute Gasteiger partial charge is 0.332 e. The molecule has 0 aliphatic heterocycles. The van der Waals surface area contributed by atoms with Crippen LogP contribution in [0.1, 0.15) is 24.2 Å². The first-order valence-electron chi connectivity index (χ1n) is 7.00. The summed E-state index contributed by atoms with van der Waals surface area (Å²) in [6, 6.07) is 11.4. The minimum atomic E-state index is -0.404. The second-order valence-corrected chi connectivity index (χ2v) is 6.22. The molecule has 116 valence electrons. The number of amides is 1. The molecule has 0 aliphatic carbocycles. The average Bonchev–Trinajstić information content (AvgIpc) is 2.54. The number of pyridine rings is 1. The first-order chi connectivity index (χ1) is 10.5. The molecule has 1 heterocycles. The third-order valence-corrected chi connectivity index (χ3v) is 4.48. The van der Waals surface area contributed by atoms with Gasteiger partial charge in [-0.1, -0.05) is 18.2 Å². The van der Waals surface area contributed by atoms with E-state index in [4.69, 9.17) is 0 Å². The first-order valence-corrected chi connectivity index (χ1v) is 8.29. The summed E-state index contributed by atoms with van der Waals surface area (Å²) in [7, 11) is 1.74. The number of hydrogen-bond donors (Lipinski definition) is 0. The maximum atomic E-state index is 13.6. The molecule has 5 heteroatoms. The zero-order chi connectivity index (χ0) is 16.1. The molecule has 0 bridgehead atoms. The SMILES string of the molecule is CS[C@H](C)C(=O)N(C)[C@@H](c1cccc(F)c1)c1ccccn1. The highest BCUT2D eigenvalue weighted by molar-refractivity contribution is 7.99. The number of carbonyl (C=O) groups excluding carboxylic acids is 1. The number of thioether (sulfide) groups is 1. The quantitative estimate of drug-likeness (QED) is 0.846. The highest BCUT2D eigenvalue weighted by Gasteiger charge is 2.27. The molecule has 1 aromatic heterocycles. The first kappa shape index (κ1) is 16.5. The molecule has 0 spiro atoms. The van der Waals surface area contributed by atoms with Crippen LogP contribution < -0.4 is 0 Å². The fourth-order valence-corrected chi connectivity index (χ4v) is 2.69. The van der Waals surface area contributed by atoms with E-state index in [1.807, 2.05) is 37.4 Å². The second kappa shape index (κ2) is 7.40. The van der Waals surface area contributed by atoms with Gasteiger partial charge in [0, 0.05) is 13.2 Å². The highest BCUT2D eigenvalue weighted by Crippen LogP contribution is 2.28. The lowest BCUT2D eigenvalue weighted by atomic mass is 10.0. The van der Waals surface area contributed by atoms with Crippen molar-refractivity contribution in [1.82, 2.24) is 9.88 Å². The van der Waals surface area contributed by atoms with Gasteiger partial charge in [0.25, 0.3) is 0 Å². The van der Waals surface area contributed by atoms with Crippen LogP contribution in [0.5, 0.6) is 0 Å². The van der Waals surface area contributed by atoms with Crippen molar-refractivity contribution in [3.05, 3.63) is 65.7 Å². The van der Waals surface area contributed by atoms with E-state index in [9.17, 15) is 9.18 Å².